The number of aryl methyl sites for hydroxylation is 1. The standard InChI is InChI=1S/C17H18N4OS/c1-11-4-3-5-14(12(11)2)21-9-8-18-17(21)23-10-15-19-20-16(22-15)13-6-7-13/h3-5,8-9,13H,6-7,10H2,1-2H3. The summed E-state index contributed by atoms with van der Waals surface area (Å²) in [5.41, 5.74) is 3.70. The molecule has 0 radical (unpaired) electrons. The maximum absolute atomic E-state index is 5.71. The molecule has 5 nitrogen and oxygen atoms in total. The number of nitrogens with zero attached hydrogens (tertiary/aromatic N) is 4. The van der Waals surface area contributed by atoms with Crippen molar-refractivity contribution in [3.05, 3.63) is 53.5 Å². The Hall–Kier alpha value is -2.08. The summed E-state index contributed by atoms with van der Waals surface area (Å²) >= 11 is 1.62. The van der Waals surface area contributed by atoms with Gasteiger partial charge in [0.05, 0.1) is 11.4 Å². The van der Waals surface area contributed by atoms with E-state index in [0.29, 0.717) is 17.6 Å². The van der Waals surface area contributed by atoms with Gasteiger partial charge in [-0.05, 0) is 43.9 Å². The zero-order chi connectivity index (χ0) is 15.8. The third-order valence-corrected chi connectivity index (χ3v) is 5.13. The maximum atomic E-state index is 5.71. The molecule has 1 saturated carbocycles. The molecular weight excluding hydrogens is 308 g/mol. The summed E-state index contributed by atoms with van der Waals surface area (Å²) in [5, 5.41) is 9.20. The Morgan fingerprint density at radius 1 is 1.26 bits per heavy atom. The molecule has 0 unspecified atom stereocenters. The van der Waals surface area contributed by atoms with Gasteiger partial charge in [0.1, 0.15) is 0 Å². The van der Waals surface area contributed by atoms with Gasteiger partial charge in [0.25, 0.3) is 0 Å². The summed E-state index contributed by atoms with van der Waals surface area (Å²) in [7, 11) is 0. The van der Waals surface area contributed by atoms with Gasteiger partial charge in [-0.25, -0.2) is 4.98 Å². The van der Waals surface area contributed by atoms with Crippen molar-refractivity contribution in [2.75, 3.05) is 0 Å². The fourth-order valence-electron chi connectivity index (χ4n) is 2.52. The third kappa shape index (κ3) is 2.91. The summed E-state index contributed by atoms with van der Waals surface area (Å²) in [6.45, 7) is 4.26. The molecule has 1 aliphatic carbocycles. The lowest BCUT2D eigenvalue weighted by molar-refractivity contribution is 0.466. The lowest BCUT2D eigenvalue weighted by atomic mass is 10.1. The molecule has 0 atom stereocenters. The lowest BCUT2D eigenvalue weighted by Crippen LogP contribution is -1.99. The number of benzene rings is 1. The van der Waals surface area contributed by atoms with E-state index in [4.69, 9.17) is 4.42 Å². The van der Waals surface area contributed by atoms with Crippen LogP contribution in [0, 0.1) is 13.8 Å². The molecule has 6 heteroatoms. The van der Waals surface area contributed by atoms with E-state index in [1.165, 1.54) is 24.0 Å². The van der Waals surface area contributed by atoms with Gasteiger partial charge in [-0.2, -0.15) is 0 Å². The molecule has 23 heavy (non-hydrogen) atoms. The zero-order valence-corrected chi connectivity index (χ0v) is 14.0. The van der Waals surface area contributed by atoms with Crippen LogP contribution in [0.25, 0.3) is 5.69 Å². The quantitative estimate of drug-likeness (QED) is 0.662. The van der Waals surface area contributed by atoms with Crippen molar-refractivity contribution in [3.63, 3.8) is 0 Å². The van der Waals surface area contributed by atoms with Crippen LogP contribution >= 0.6 is 11.8 Å². The van der Waals surface area contributed by atoms with Crippen LogP contribution in [0.5, 0.6) is 0 Å². The number of rotatable bonds is 5. The smallest absolute Gasteiger partial charge is 0.226 e. The fraction of sp³-hybridized carbons (Fsp3) is 0.353. The van der Waals surface area contributed by atoms with Gasteiger partial charge in [-0.1, -0.05) is 23.9 Å². The van der Waals surface area contributed by atoms with Crippen molar-refractivity contribution >= 4 is 11.8 Å². The minimum atomic E-state index is 0.498. The number of hydrogen-bond donors (Lipinski definition) is 0. The van der Waals surface area contributed by atoms with Gasteiger partial charge >= 0.3 is 0 Å². The number of thioether (sulfide) groups is 1. The first-order valence-electron chi connectivity index (χ1n) is 7.77. The predicted molar refractivity (Wildman–Crippen MR) is 88.9 cm³/mol. The molecule has 3 aromatic rings. The molecule has 118 valence electrons. The first-order chi connectivity index (χ1) is 11.2. The SMILES string of the molecule is Cc1cccc(-n2ccnc2SCc2nnc(C3CC3)o2)c1C. The van der Waals surface area contributed by atoms with Crippen LogP contribution in [-0.4, -0.2) is 19.7 Å². The van der Waals surface area contributed by atoms with Gasteiger partial charge in [0.15, 0.2) is 5.16 Å². The summed E-state index contributed by atoms with van der Waals surface area (Å²) in [4.78, 5) is 4.47. The van der Waals surface area contributed by atoms with Crippen LogP contribution in [-0.2, 0) is 5.75 Å². The average Bonchev–Trinajstić information content (AvgIpc) is 3.11. The summed E-state index contributed by atoms with van der Waals surface area (Å²) in [5.74, 6) is 2.60. The van der Waals surface area contributed by atoms with Crippen molar-refractivity contribution in [2.24, 2.45) is 0 Å². The number of hydrogen-bond acceptors (Lipinski definition) is 5. The van der Waals surface area contributed by atoms with Gasteiger partial charge in [-0.15, -0.1) is 10.2 Å². The Bertz CT molecular complexity index is 835. The molecule has 0 aliphatic heterocycles. The van der Waals surface area contributed by atoms with Crippen molar-refractivity contribution in [3.8, 4) is 5.69 Å². The molecular formula is C17H18N4OS. The topological polar surface area (TPSA) is 56.7 Å². The molecule has 0 amide bonds. The molecule has 0 spiro atoms. The first kappa shape index (κ1) is 14.5. The van der Waals surface area contributed by atoms with E-state index in [1.807, 2.05) is 12.4 Å². The highest BCUT2D eigenvalue weighted by Gasteiger charge is 2.29. The van der Waals surface area contributed by atoms with Gasteiger partial charge in [-0.3, -0.25) is 4.57 Å². The Kier molecular flexibility index (Phi) is 3.69. The van der Waals surface area contributed by atoms with E-state index < -0.39 is 0 Å². The van der Waals surface area contributed by atoms with Gasteiger partial charge < -0.3 is 4.42 Å². The monoisotopic (exact) mass is 326 g/mol. The second-order valence-corrected chi connectivity index (χ2v) is 6.84. The van der Waals surface area contributed by atoms with Gasteiger partial charge in [0, 0.05) is 18.3 Å². The second-order valence-electron chi connectivity index (χ2n) is 5.90. The Morgan fingerprint density at radius 2 is 2.13 bits per heavy atom. The minimum Gasteiger partial charge on any atom is -0.424 e. The summed E-state index contributed by atoms with van der Waals surface area (Å²) in [6, 6.07) is 6.32. The minimum absolute atomic E-state index is 0.498. The molecule has 4 rings (SSSR count). The molecule has 1 fully saturated rings. The normalized spacial score (nSPS) is 14.3. The molecule has 2 heterocycles. The van der Waals surface area contributed by atoms with Crippen LogP contribution in [0.2, 0.25) is 0 Å². The Balaban J connectivity index is 1.53. The Labute approximate surface area is 139 Å². The molecule has 1 aliphatic rings. The fourth-order valence-corrected chi connectivity index (χ4v) is 3.33. The van der Waals surface area contributed by atoms with Crippen molar-refractivity contribution in [2.45, 2.75) is 43.5 Å². The van der Waals surface area contributed by atoms with Crippen LogP contribution in [0.3, 0.4) is 0 Å². The van der Waals surface area contributed by atoms with Gasteiger partial charge in [0.2, 0.25) is 11.8 Å². The molecule has 0 N–H and O–H groups in total. The average molecular weight is 326 g/mol. The van der Waals surface area contributed by atoms with Crippen molar-refractivity contribution in [1.29, 1.82) is 0 Å². The predicted octanol–water partition coefficient (Wildman–Crippen LogP) is 4.04. The first-order valence-corrected chi connectivity index (χ1v) is 8.76. The van der Waals surface area contributed by atoms with Crippen molar-refractivity contribution in [1.82, 2.24) is 19.7 Å². The maximum Gasteiger partial charge on any atom is 0.226 e. The highest BCUT2D eigenvalue weighted by molar-refractivity contribution is 7.98. The summed E-state index contributed by atoms with van der Waals surface area (Å²) in [6.07, 6.45) is 6.17. The van der Waals surface area contributed by atoms with E-state index in [-0.39, 0.29) is 0 Å². The van der Waals surface area contributed by atoms with E-state index in [9.17, 15) is 0 Å². The molecule has 0 saturated heterocycles. The third-order valence-electron chi connectivity index (χ3n) is 4.18. The van der Waals surface area contributed by atoms with Crippen LogP contribution in [0.4, 0.5) is 0 Å². The molecule has 0 bridgehead atoms. The van der Waals surface area contributed by atoms with E-state index in [2.05, 4.69) is 51.8 Å². The van der Waals surface area contributed by atoms with E-state index in [1.54, 1.807) is 11.8 Å². The zero-order valence-electron chi connectivity index (χ0n) is 13.2. The Morgan fingerprint density at radius 3 is 2.96 bits per heavy atom. The van der Waals surface area contributed by atoms with E-state index >= 15 is 0 Å². The lowest BCUT2D eigenvalue weighted by Gasteiger charge is -2.11. The largest absolute Gasteiger partial charge is 0.424 e. The number of aromatic nitrogens is 4. The van der Waals surface area contributed by atoms with E-state index in [0.717, 1.165) is 16.7 Å². The van der Waals surface area contributed by atoms with Crippen LogP contribution in [0.15, 0.2) is 40.2 Å². The van der Waals surface area contributed by atoms with Crippen LogP contribution < -0.4 is 0 Å². The highest BCUT2D eigenvalue weighted by atomic mass is 32.2. The summed E-state index contributed by atoms with van der Waals surface area (Å²) < 4.78 is 7.83. The van der Waals surface area contributed by atoms with Crippen molar-refractivity contribution < 1.29 is 4.42 Å². The second kappa shape index (κ2) is 5.85. The highest BCUT2D eigenvalue weighted by Crippen LogP contribution is 2.39. The molecule has 1 aromatic carbocycles. The molecule has 2 aromatic heterocycles. The number of imidazole rings is 1. The van der Waals surface area contributed by atoms with Crippen LogP contribution in [0.1, 0.15) is 41.7 Å².